The molecule has 0 aliphatic carbocycles. The molecule has 2 aromatic rings. The minimum atomic E-state index is -1.65. The van der Waals surface area contributed by atoms with E-state index >= 15 is 0 Å². The maximum absolute atomic E-state index is 13.9. The monoisotopic (exact) mass is 402 g/mol. The van der Waals surface area contributed by atoms with Gasteiger partial charge in [0.05, 0.1) is 22.3 Å². The van der Waals surface area contributed by atoms with Gasteiger partial charge in [0.15, 0.2) is 17.5 Å². The van der Waals surface area contributed by atoms with E-state index in [2.05, 4.69) is 10.4 Å². The smallest absolute Gasteiger partial charge is 0.235 e. The zero-order valence-electron chi connectivity index (χ0n) is 13.8. The third-order valence-electron chi connectivity index (χ3n) is 4.31. The van der Waals surface area contributed by atoms with Gasteiger partial charge in [0.2, 0.25) is 5.91 Å². The van der Waals surface area contributed by atoms with Gasteiger partial charge in [-0.25, -0.2) is 13.2 Å². The van der Waals surface area contributed by atoms with Gasteiger partial charge in [-0.05, 0) is 18.2 Å². The number of rotatable bonds is 3. The number of amides is 1. The maximum atomic E-state index is 13.9. The number of carbonyl (C=O) groups excluding carboxylic acids is 1. The molecule has 0 saturated carbocycles. The number of likely N-dealkylation sites (N-methyl/N-ethyl adjacent to an activating group) is 1. The van der Waals surface area contributed by atoms with E-state index in [0.717, 1.165) is 12.1 Å². The largest absolute Gasteiger partial charge is 0.368 e. The lowest BCUT2D eigenvalue weighted by molar-refractivity contribution is -0.118. The van der Waals surface area contributed by atoms with Crippen LogP contribution in [-0.2, 0) is 11.8 Å². The lowest BCUT2D eigenvalue weighted by Gasteiger charge is -2.17. The lowest BCUT2D eigenvalue weighted by Crippen LogP contribution is -2.32. The number of aromatic nitrogens is 2. The zero-order chi connectivity index (χ0) is 19.2. The van der Waals surface area contributed by atoms with E-state index in [9.17, 15) is 18.0 Å². The molecule has 1 fully saturated rings. The summed E-state index contributed by atoms with van der Waals surface area (Å²) in [6.07, 6.45) is 0. The summed E-state index contributed by atoms with van der Waals surface area (Å²) < 4.78 is 41.8. The van der Waals surface area contributed by atoms with Gasteiger partial charge in [-0.2, -0.15) is 5.10 Å². The first-order valence-corrected chi connectivity index (χ1v) is 8.38. The minimum Gasteiger partial charge on any atom is -0.368 e. The van der Waals surface area contributed by atoms with Crippen molar-refractivity contribution in [1.82, 2.24) is 14.7 Å². The molecule has 138 valence electrons. The second kappa shape index (κ2) is 6.88. The molecule has 1 N–H and O–H groups in total. The number of anilines is 1. The van der Waals surface area contributed by atoms with Crippen molar-refractivity contribution in [2.45, 2.75) is 5.92 Å². The molecular weight excluding hydrogens is 389 g/mol. The number of aryl methyl sites for hydroxylation is 1. The number of carbonyl (C=O) groups is 1. The number of hydrogen-bond donors (Lipinski definition) is 1. The van der Waals surface area contributed by atoms with E-state index in [0.29, 0.717) is 22.4 Å². The van der Waals surface area contributed by atoms with E-state index < -0.39 is 40.9 Å². The van der Waals surface area contributed by atoms with Crippen molar-refractivity contribution in [3.63, 3.8) is 0 Å². The third-order valence-corrected chi connectivity index (χ3v) is 5.23. The van der Waals surface area contributed by atoms with Crippen molar-refractivity contribution in [2.75, 3.05) is 18.9 Å². The maximum Gasteiger partial charge on any atom is 0.235 e. The van der Waals surface area contributed by atoms with Crippen molar-refractivity contribution in [3.8, 4) is 0 Å². The number of nitrogens with one attached hydrogen (secondary N) is 1. The summed E-state index contributed by atoms with van der Waals surface area (Å²) in [5.41, 5.74) is 0.110. The number of halogens is 4. The van der Waals surface area contributed by atoms with Gasteiger partial charge in [0.1, 0.15) is 5.15 Å². The van der Waals surface area contributed by atoms with Crippen molar-refractivity contribution in [2.24, 2.45) is 13.0 Å². The Labute approximate surface area is 157 Å². The summed E-state index contributed by atoms with van der Waals surface area (Å²) in [4.78, 5) is 14.8. The van der Waals surface area contributed by atoms with Crippen LogP contribution in [0.25, 0.3) is 0 Å². The van der Waals surface area contributed by atoms with Crippen molar-refractivity contribution >= 4 is 40.4 Å². The van der Waals surface area contributed by atoms with Crippen LogP contribution < -0.4 is 5.32 Å². The first-order chi connectivity index (χ1) is 12.2. The number of thiocarbonyl (C=S) groups is 1. The Balaban J connectivity index is 1.90. The Morgan fingerprint density at radius 2 is 2.00 bits per heavy atom. The van der Waals surface area contributed by atoms with E-state index in [1.54, 1.807) is 25.1 Å². The molecule has 1 aliphatic rings. The number of hydrogen-bond acceptors (Lipinski definition) is 3. The van der Waals surface area contributed by atoms with Crippen LogP contribution in [0, 0.1) is 23.4 Å². The molecule has 2 atom stereocenters. The highest BCUT2D eigenvalue weighted by atomic mass is 35.5. The molecule has 10 heteroatoms. The molecule has 2 heterocycles. The normalized spacial score (nSPS) is 19.9. The van der Waals surface area contributed by atoms with Crippen LogP contribution in [0.3, 0.4) is 0 Å². The Bertz CT molecular complexity index is 884. The molecule has 1 aromatic heterocycles. The molecule has 1 amide bonds. The number of nitrogens with zero attached hydrogens (tertiary/aromatic N) is 3. The Morgan fingerprint density at radius 3 is 2.62 bits per heavy atom. The second-order valence-corrected chi connectivity index (χ2v) is 6.84. The molecule has 1 aromatic carbocycles. The van der Waals surface area contributed by atoms with Gasteiger partial charge in [0, 0.05) is 26.6 Å². The molecule has 5 nitrogen and oxygen atoms in total. The molecule has 0 unspecified atom stereocenters. The van der Waals surface area contributed by atoms with E-state index in [1.165, 1.54) is 4.68 Å². The molecule has 1 aliphatic heterocycles. The highest BCUT2D eigenvalue weighted by molar-refractivity contribution is 7.80. The number of benzene rings is 1. The predicted molar refractivity (Wildman–Crippen MR) is 94.6 cm³/mol. The Hall–Kier alpha value is -2.13. The van der Waals surface area contributed by atoms with E-state index in [1.807, 2.05) is 0 Å². The average Bonchev–Trinajstić information content (AvgIpc) is 3.08. The number of likely N-dealkylation sites (tertiary alicyclic amines) is 1. The highest BCUT2D eigenvalue weighted by Crippen LogP contribution is 2.35. The van der Waals surface area contributed by atoms with Gasteiger partial charge >= 0.3 is 0 Å². The van der Waals surface area contributed by atoms with Crippen LogP contribution in [0.5, 0.6) is 0 Å². The van der Waals surface area contributed by atoms with Crippen LogP contribution in [-0.4, -0.2) is 39.2 Å². The Kier molecular flexibility index (Phi) is 4.94. The first kappa shape index (κ1) is 18.7. The van der Waals surface area contributed by atoms with Gasteiger partial charge in [-0.3, -0.25) is 9.48 Å². The topological polar surface area (TPSA) is 50.2 Å². The summed E-state index contributed by atoms with van der Waals surface area (Å²) in [6.45, 7) is 0.421. The van der Waals surface area contributed by atoms with Crippen LogP contribution in [0.2, 0.25) is 5.15 Å². The quantitative estimate of drug-likeness (QED) is 0.633. The lowest BCUT2D eigenvalue weighted by atomic mass is 9.92. The molecule has 1 saturated heterocycles. The van der Waals surface area contributed by atoms with Crippen LogP contribution >= 0.6 is 23.8 Å². The molecule has 3 rings (SSSR count). The van der Waals surface area contributed by atoms with Gasteiger partial charge in [-0.15, -0.1) is 0 Å². The standard InChI is InChI=1S/C16H14ClF3N4OS/c1-23-6-7(10-5-11(17)24(2)22-10)12(16(23)26)15(25)21-9-4-3-8(18)13(19)14(9)20/h3-5,7,12H,6H2,1-2H3,(H,21,25)/t7-,12+/m1/s1. The van der Waals surface area contributed by atoms with Crippen LogP contribution in [0.15, 0.2) is 18.2 Å². The van der Waals surface area contributed by atoms with Crippen molar-refractivity contribution < 1.29 is 18.0 Å². The van der Waals surface area contributed by atoms with Crippen LogP contribution in [0.4, 0.5) is 18.9 Å². The zero-order valence-corrected chi connectivity index (χ0v) is 15.3. The molecule has 0 bridgehead atoms. The fourth-order valence-corrected chi connectivity index (χ4v) is 3.43. The Morgan fingerprint density at radius 1 is 1.31 bits per heavy atom. The van der Waals surface area contributed by atoms with Crippen molar-refractivity contribution in [1.29, 1.82) is 0 Å². The second-order valence-electron chi connectivity index (χ2n) is 6.03. The SMILES string of the molecule is CN1C[C@H](c2cc(Cl)n(C)n2)[C@@H](C(=O)Nc2ccc(F)c(F)c2F)C1=S. The molecule has 26 heavy (non-hydrogen) atoms. The summed E-state index contributed by atoms with van der Waals surface area (Å²) in [6, 6.07) is 3.33. The molecular formula is C16H14ClF3N4OS. The van der Waals surface area contributed by atoms with Gasteiger partial charge in [0.25, 0.3) is 0 Å². The molecule has 0 radical (unpaired) electrons. The summed E-state index contributed by atoms with van der Waals surface area (Å²) in [5.74, 6) is -6.31. The van der Waals surface area contributed by atoms with Crippen molar-refractivity contribution in [3.05, 3.63) is 46.5 Å². The minimum absolute atomic E-state index is 0.345. The highest BCUT2D eigenvalue weighted by Gasteiger charge is 2.43. The first-order valence-electron chi connectivity index (χ1n) is 7.59. The fraction of sp³-hybridized carbons (Fsp3) is 0.312. The summed E-state index contributed by atoms with van der Waals surface area (Å²) in [7, 11) is 3.39. The van der Waals surface area contributed by atoms with Gasteiger partial charge in [-0.1, -0.05) is 23.8 Å². The van der Waals surface area contributed by atoms with E-state index in [4.69, 9.17) is 23.8 Å². The third kappa shape index (κ3) is 3.16. The fourth-order valence-electron chi connectivity index (χ4n) is 2.94. The van der Waals surface area contributed by atoms with E-state index in [-0.39, 0.29) is 0 Å². The van der Waals surface area contributed by atoms with Crippen LogP contribution in [0.1, 0.15) is 11.6 Å². The van der Waals surface area contributed by atoms with Gasteiger partial charge < -0.3 is 10.2 Å². The molecule has 0 spiro atoms. The summed E-state index contributed by atoms with van der Waals surface area (Å²) >= 11 is 11.3. The summed E-state index contributed by atoms with van der Waals surface area (Å²) in [5, 5.41) is 6.96. The average molecular weight is 403 g/mol. The predicted octanol–water partition coefficient (Wildman–Crippen LogP) is 3.10.